The van der Waals surface area contributed by atoms with Gasteiger partial charge < -0.3 is 14.6 Å². The highest BCUT2D eigenvalue weighted by atomic mass is 32.2. The highest BCUT2D eigenvalue weighted by Gasteiger charge is 2.19. The molecule has 2 N–H and O–H groups in total. The third kappa shape index (κ3) is 5.70. The lowest BCUT2D eigenvalue weighted by Crippen LogP contribution is -2.38. The molecule has 2 aromatic carbocycles. The zero-order valence-electron chi connectivity index (χ0n) is 16.5. The molecule has 0 saturated carbocycles. The van der Waals surface area contributed by atoms with E-state index in [0.29, 0.717) is 5.76 Å². The molecule has 0 bridgehead atoms. The van der Waals surface area contributed by atoms with Crippen molar-refractivity contribution in [3.8, 4) is 0 Å². The fraction of sp³-hybridized carbons (Fsp3) is 0.143. The molecule has 1 heterocycles. The predicted octanol–water partition coefficient (Wildman–Crippen LogP) is 2.61. The molecule has 31 heavy (non-hydrogen) atoms. The van der Waals surface area contributed by atoms with Gasteiger partial charge in [-0.3, -0.25) is 14.3 Å². The highest BCUT2D eigenvalue weighted by Crippen LogP contribution is 2.19. The molecule has 162 valence electrons. The van der Waals surface area contributed by atoms with Gasteiger partial charge in [0.2, 0.25) is 5.91 Å². The Kier molecular flexibility index (Phi) is 6.71. The van der Waals surface area contributed by atoms with Gasteiger partial charge in [-0.05, 0) is 48.5 Å². The summed E-state index contributed by atoms with van der Waals surface area (Å²) in [6.07, 6.45) is 1.49. The van der Waals surface area contributed by atoms with Crippen LogP contribution in [-0.2, 0) is 21.4 Å². The van der Waals surface area contributed by atoms with Crippen molar-refractivity contribution in [1.82, 2.24) is 10.2 Å². The number of hydrogen-bond donors (Lipinski definition) is 2. The minimum atomic E-state index is -4.03. The molecule has 0 fully saturated rings. The Hall–Kier alpha value is -3.66. The fourth-order valence-corrected chi connectivity index (χ4v) is 3.75. The highest BCUT2D eigenvalue weighted by molar-refractivity contribution is 7.92. The largest absolute Gasteiger partial charge is 0.467 e. The van der Waals surface area contributed by atoms with Crippen molar-refractivity contribution in [2.24, 2.45) is 0 Å². The van der Waals surface area contributed by atoms with E-state index in [1.807, 2.05) is 0 Å². The summed E-state index contributed by atoms with van der Waals surface area (Å²) in [5, 5.41) is 2.63. The smallest absolute Gasteiger partial charge is 0.261 e. The van der Waals surface area contributed by atoms with E-state index in [2.05, 4.69) is 10.0 Å². The Morgan fingerprint density at radius 1 is 1.03 bits per heavy atom. The monoisotopic (exact) mass is 445 g/mol. The molecule has 0 atom stereocenters. The molecule has 0 unspecified atom stereocenters. The summed E-state index contributed by atoms with van der Waals surface area (Å²) in [6, 6.07) is 13.9. The molecule has 10 heteroatoms. The van der Waals surface area contributed by atoms with E-state index in [0.717, 1.165) is 6.07 Å². The van der Waals surface area contributed by atoms with Crippen molar-refractivity contribution >= 4 is 27.5 Å². The van der Waals surface area contributed by atoms with Crippen LogP contribution >= 0.6 is 0 Å². The van der Waals surface area contributed by atoms with Crippen LogP contribution in [0.5, 0.6) is 0 Å². The van der Waals surface area contributed by atoms with Gasteiger partial charge in [0, 0.05) is 12.6 Å². The summed E-state index contributed by atoms with van der Waals surface area (Å²) >= 11 is 0. The van der Waals surface area contributed by atoms with Crippen molar-refractivity contribution in [2.75, 3.05) is 18.3 Å². The number of sulfonamides is 1. The van der Waals surface area contributed by atoms with Crippen molar-refractivity contribution < 1.29 is 26.8 Å². The summed E-state index contributed by atoms with van der Waals surface area (Å²) in [6.45, 7) is 0.0177. The summed E-state index contributed by atoms with van der Waals surface area (Å²) < 4.78 is 45.9. The van der Waals surface area contributed by atoms with E-state index >= 15 is 0 Å². The lowest BCUT2D eigenvalue weighted by atomic mass is 10.2. The molecule has 0 radical (unpaired) electrons. The molecule has 3 rings (SSSR count). The van der Waals surface area contributed by atoms with Crippen molar-refractivity contribution in [2.45, 2.75) is 11.4 Å². The van der Waals surface area contributed by atoms with Gasteiger partial charge in [0.05, 0.1) is 29.9 Å². The number of carbonyl (C=O) groups is 2. The number of furan rings is 1. The van der Waals surface area contributed by atoms with Crippen LogP contribution in [0.15, 0.2) is 76.2 Å². The standard InChI is InChI=1S/C21H20FN3O5S/c1-25(14-20(26)23-13-16-5-4-12-30-16)21(27)15-8-10-17(11-9-15)31(28,29)24-19-7-3-2-6-18(19)22/h2-12,24H,13-14H2,1H3,(H,23,26). The van der Waals surface area contributed by atoms with Crippen LogP contribution in [0.1, 0.15) is 16.1 Å². The maximum absolute atomic E-state index is 13.7. The number of rotatable bonds is 8. The van der Waals surface area contributed by atoms with E-state index in [-0.39, 0.29) is 35.1 Å². The Bertz CT molecular complexity index is 1160. The minimum absolute atomic E-state index is 0.133. The lowest BCUT2D eigenvalue weighted by molar-refractivity contribution is -0.121. The van der Waals surface area contributed by atoms with Crippen molar-refractivity contribution in [3.05, 3.63) is 84.1 Å². The molecular weight excluding hydrogens is 425 g/mol. The maximum atomic E-state index is 13.7. The quantitative estimate of drug-likeness (QED) is 0.554. The van der Waals surface area contributed by atoms with Gasteiger partial charge in [-0.15, -0.1) is 0 Å². The number of nitrogens with zero attached hydrogens (tertiary/aromatic N) is 1. The SMILES string of the molecule is CN(CC(=O)NCc1ccco1)C(=O)c1ccc(S(=O)(=O)Nc2ccccc2F)cc1. The van der Waals surface area contributed by atoms with Crippen LogP contribution < -0.4 is 10.0 Å². The lowest BCUT2D eigenvalue weighted by Gasteiger charge is -2.17. The molecule has 8 nitrogen and oxygen atoms in total. The zero-order valence-corrected chi connectivity index (χ0v) is 17.4. The number of hydrogen-bond acceptors (Lipinski definition) is 5. The van der Waals surface area contributed by atoms with Crippen LogP contribution in [0.25, 0.3) is 0 Å². The number of carbonyl (C=O) groups excluding carboxylic acids is 2. The maximum Gasteiger partial charge on any atom is 0.261 e. The molecule has 0 aliphatic heterocycles. The van der Waals surface area contributed by atoms with Gasteiger partial charge >= 0.3 is 0 Å². The van der Waals surface area contributed by atoms with Crippen molar-refractivity contribution in [1.29, 1.82) is 0 Å². The van der Waals surface area contributed by atoms with Crippen LogP contribution in [0, 0.1) is 5.82 Å². The molecular formula is C21H20FN3O5S. The Labute approximate surface area is 178 Å². The van der Waals surface area contributed by atoms with Gasteiger partial charge in [-0.1, -0.05) is 12.1 Å². The summed E-state index contributed by atoms with van der Waals surface area (Å²) in [5.41, 5.74) is 0.0223. The van der Waals surface area contributed by atoms with Gasteiger partial charge in [0.15, 0.2) is 0 Å². The molecule has 3 aromatic rings. The third-order valence-electron chi connectivity index (χ3n) is 4.30. The molecule has 0 spiro atoms. The van der Waals surface area contributed by atoms with E-state index in [1.54, 1.807) is 12.1 Å². The topological polar surface area (TPSA) is 109 Å². The van der Waals surface area contributed by atoms with E-state index in [4.69, 9.17) is 4.42 Å². The number of para-hydroxylation sites is 1. The number of likely N-dealkylation sites (N-methyl/N-ethyl adjacent to an activating group) is 1. The Balaban J connectivity index is 1.61. The molecule has 0 aliphatic carbocycles. The first kappa shape index (κ1) is 22.0. The number of nitrogens with one attached hydrogen (secondary N) is 2. The summed E-state index contributed by atoms with van der Waals surface area (Å²) in [7, 11) is -2.58. The first-order valence-electron chi connectivity index (χ1n) is 9.18. The molecule has 0 aliphatic rings. The summed E-state index contributed by atoms with van der Waals surface area (Å²) in [4.78, 5) is 25.6. The second-order valence-corrected chi connectivity index (χ2v) is 8.31. The normalized spacial score (nSPS) is 11.0. The average molecular weight is 445 g/mol. The number of amides is 2. The van der Waals surface area contributed by atoms with Gasteiger partial charge in [-0.25, -0.2) is 12.8 Å². The van der Waals surface area contributed by atoms with Gasteiger partial charge in [-0.2, -0.15) is 0 Å². The first-order chi connectivity index (χ1) is 14.8. The van der Waals surface area contributed by atoms with E-state index in [9.17, 15) is 22.4 Å². The average Bonchev–Trinajstić information content (AvgIpc) is 3.27. The minimum Gasteiger partial charge on any atom is -0.467 e. The Morgan fingerprint density at radius 3 is 2.39 bits per heavy atom. The summed E-state index contributed by atoms with van der Waals surface area (Å²) in [5.74, 6) is -0.951. The van der Waals surface area contributed by atoms with Crippen LogP contribution in [0.4, 0.5) is 10.1 Å². The van der Waals surface area contributed by atoms with Crippen LogP contribution in [0.2, 0.25) is 0 Å². The van der Waals surface area contributed by atoms with Crippen LogP contribution in [-0.4, -0.2) is 38.7 Å². The van der Waals surface area contributed by atoms with Crippen molar-refractivity contribution in [3.63, 3.8) is 0 Å². The van der Waals surface area contributed by atoms with Gasteiger partial charge in [0.1, 0.15) is 11.6 Å². The first-order valence-corrected chi connectivity index (χ1v) is 10.7. The van der Waals surface area contributed by atoms with Crippen LogP contribution in [0.3, 0.4) is 0 Å². The number of anilines is 1. The second-order valence-electron chi connectivity index (χ2n) is 6.63. The van der Waals surface area contributed by atoms with E-state index < -0.39 is 21.7 Å². The Morgan fingerprint density at radius 2 is 1.74 bits per heavy atom. The molecule has 0 saturated heterocycles. The second kappa shape index (κ2) is 9.43. The predicted molar refractivity (Wildman–Crippen MR) is 111 cm³/mol. The van der Waals surface area contributed by atoms with Gasteiger partial charge in [0.25, 0.3) is 15.9 Å². The fourth-order valence-electron chi connectivity index (χ4n) is 2.69. The molecule has 1 aromatic heterocycles. The molecule has 2 amide bonds. The number of halogens is 1. The number of benzene rings is 2. The third-order valence-corrected chi connectivity index (χ3v) is 5.68. The van der Waals surface area contributed by atoms with E-state index in [1.165, 1.54) is 60.7 Å². The zero-order chi connectivity index (χ0) is 22.4.